The van der Waals surface area contributed by atoms with Gasteiger partial charge in [-0.3, -0.25) is 5.10 Å². The lowest BCUT2D eigenvalue weighted by Crippen LogP contribution is -2.32. The Morgan fingerprint density at radius 3 is 2.54 bits per heavy atom. The molecule has 2 N–H and O–H groups in total. The maximum atomic E-state index is 6.00. The lowest BCUT2D eigenvalue weighted by molar-refractivity contribution is 0.431. The quantitative estimate of drug-likeness (QED) is 0.181. The highest BCUT2D eigenvalue weighted by molar-refractivity contribution is 7.20. The fourth-order valence-corrected chi connectivity index (χ4v) is 5.55. The van der Waals surface area contributed by atoms with E-state index in [2.05, 4.69) is 67.9 Å². The largest absolute Gasteiger partial charge is 0.431 e. The summed E-state index contributed by atoms with van der Waals surface area (Å²) in [7, 11) is 0. The Labute approximate surface area is 221 Å². The fourth-order valence-electron chi connectivity index (χ4n) is 4.71. The van der Waals surface area contributed by atoms with Crippen molar-refractivity contribution in [3.8, 4) is 22.3 Å². The van der Waals surface area contributed by atoms with E-state index in [9.17, 15) is 0 Å². The zero-order chi connectivity index (χ0) is 24.9. The smallest absolute Gasteiger partial charge is 0.279 e. The molecule has 0 radical (unpaired) electrons. The van der Waals surface area contributed by atoms with Gasteiger partial charge in [0.2, 0.25) is 0 Å². The molecular weight excluding hydrogens is 478 g/mol. The van der Waals surface area contributed by atoms with Crippen LogP contribution in [-0.2, 0) is 12.8 Å². The highest BCUT2D eigenvalue weighted by Gasteiger charge is 2.30. The number of hydrogen-bond donors (Lipinski definition) is 2. The van der Waals surface area contributed by atoms with E-state index in [-0.39, 0.29) is 0 Å². The van der Waals surface area contributed by atoms with Crippen LogP contribution in [0.3, 0.4) is 0 Å². The normalized spacial score (nSPS) is 14.2. The number of thiazole rings is 1. The molecule has 7 heteroatoms. The predicted molar refractivity (Wildman–Crippen MR) is 149 cm³/mol. The molecule has 0 bridgehead atoms. The minimum atomic E-state index is 0.575. The van der Waals surface area contributed by atoms with Crippen LogP contribution >= 0.6 is 11.3 Å². The van der Waals surface area contributed by atoms with Crippen LogP contribution in [-0.4, -0.2) is 32.8 Å². The van der Waals surface area contributed by atoms with Crippen molar-refractivity contribution in [3.05, 3.63) is 90.3 Å². The van der Waals surface area contributed by atoms with Crippen molar-refractivity contribution in [3.63, 3.8) is 0 Å². The summed E-state index contributed by atoms with van der Waals surface area (Å²) in [5.74, 6) is 3.38. The third-order valence-electron chi connectivity index (χ3n) is 6.90. The number of nitrogens with one attached hydrogen (secondary N) is 2. The summed E-state index contributed by atoms with van der Waals surface area (Å²) in [6, 6.07) is 27.3. The molecule has 37 heavy (non-hydrogen) atoms. The van der Waals surface area contributed by atoms with E-state index < -0.39 is 0 Å². The van der Waals surface area contributed by atoms with E-state index in [1.807, 2.05) is 36.4 Å². The van der Waals surface area contributed by atoms with Crippen molar-refractivity contribution in [1.82, 2.24) is 25.5 Å². The van der Waals surface area contributed by atoms with Gasteiger partial charge in [0.15, 0.2) is 11.6 Å². The third-order valence-corrected chi connectivity index (χ3v) is 7.81. The van der Waals surface area contributed by atoms with E-state index in [0.717, 1.165) is 71.3 Å². The van der Waals surface area contributed by atoms with Crippen LogP contribution in [0, 0.1) is 5.92 Å². The molecule has 2 heterocycles. The second-order valence-corrected chi connectivity index (χ2v) is 10.7. The van der Waals surface area contributed by atoms with Crippen LogP contribution in [0.4, 0.5) is 0 Å². The van der Waals surface area contributed by atoms with Gasteiger partial charge in [-0.2, -0.15) is 5.10 Å². The van der Waals surface area contributed by atoms with Crippen LogP contribution in [0.1, 0.15) is 37.1 Å². The molecule has 6 rings (SSSR count). The molecule has 1 saturated carbocycles. The van der Waals surface area contributed by atoms with Gasteiger partial charge in [-0.1, -0.05) is 65.9 Å². The first kappa shape index (κ1) is 23.8. The Hall–Kier alpha value is -3.55. The minimum absolute atomic E-state index is 0.575. The van der Waals surface area contributed by atoms with Crippen molar-refractivity contribution in [2.75, 3.05) is 6.54 Å². The van der Waals surface area contributed by atoms with Gasteiger partial charge < -0.3 is 10.1 Å². The molecule has 1 unspecified atom stereocenters. The van der Waals surface area contributed by atoms with E-state index in [1.54, 1.807) is 11.3 Å². The van der Waals surface area contributed by atoms with E-state index in [4.69, 9.17) is 4.74 Å². The SMILES string of the molecule is c1ccc(-c2nc(CCCNC(CCc3ccc(Oc4nc5ccccc5s4)cc3)C3CC3)n[nH]2)cc1. The van der Waals surface area contributed by atoms with Gasteiger partial charge >= 0.3 is 0 Å². The highest BCUT2D eigenvalue weighted by Crippen LogP contribution is 2.35. The molecule has 188 valence electrons. The number of rotatable bonds is 12. The molecule has 0 spiro atoms. The molecule has 1 aliphatic rings. The van der Waals surface area contributed by atoms with Crippen LogP contribution < -0.4 is 10.1 Å². The maximum Gasteiger partial charge on any atom is 0.279 e. The van der Waals surface area contributed by atoms with Crippen LogP contribution in [0.15, 0.2) is 78.9 Å². The number of H-pyrrole nitrogens is 1. The zero-order valence-corrected chi connectivity index (χ0v) is 21.6. The second kappa shape index (κ2) is 11.2. The number of para-hydroxylation sites is 1. The first-order valence-corrected chi connectivity index (χ1v) is 13.9. The van der Waals surface area contributed by atoms with Crippen molar-refractivity contribution in [1.29, 1.82) is 0 Å². The molecule has 3 aromatic carbocycles. The molecule has 6 nitrogen and oxygen atoms in total. The number of aromatic amines is 1. The first-order chi connectivity index (χ1) is 18.3. The van der Waals surface area contributed by atoms with Crippen molar-refractivity contribution < 1.29 is 4.74 Å². The number of benzene rings is 3. The molecule has 0 aliphatic heterocycles. The second-order valence-electron chi connectivity index (χ2n) is 9.70. The summed E-state index contributed by atoms with van der Waals surface area (Å²) in [6.45, 7) is 0.991. The average Bonchev–Trinajstić information content (AvgIpc) is 3.52. The molecule has 2 aromatic heterocycles. The lowest BCUT2D eigenvalue weighted by atomic mass is 10.0. The number of fused-ring (bicyclic) bond motifs is 1. The number of nitrogens with zero attached hydrogens (tertiary/aromatic N) is 3. The lowest BCUT2D eigenvalue weighted by Gasteiger charge is -2.18. The summed E-state index contributed by atoms with van der Waals surface area (Å²) < 4.78 is 7.15. The summed E-state index contributed by atoms with van der Waals surface area (Å²) in [6.07, 6.45) is 6.82. The number of aryl methyl sites for hydroxylation is 2. The van der Waals surface area contributed by atoms with Gasteiger partial charge in [-0.05, 0) is 74.4 Å². The number of aromatic nitrogens is 4. The maximum absolute atomic E-state index is 6.00. The topological polar surface area (TPSA) is 75.7 Å². The Kier molecular flexibility index (Phi) is 7.23. The van der Waals surface area contributed by atoms with Gasteiger partial charge in [-0.25, -0.2) is 9.97 Å². The van der Waals surface area contributed by atoms with Crippen molar-refractivity contribution in [2.24, 2.45) is 5.92 Å². The summed E-state index contributed by atoms with van der Waals surface area (Å²) in [5, 5.41) is 12.0. The van der Waals surface area contributed by atoms with Crippen molar-refractivity contribution in [2.45, 2.75) is 44.6 Å². The zero-order valence-electron chi connectivity index (χ0n) is 20.8. The Bertz CT molecular complexity index is 1390. The molecule has 0 saturated heterocycles. The summed E-state index contributed by atoms with van der Waals surface area (Å²) in [4.78, 5) is 9.22. The van der Waals surface area contributed by atoms with Crippen LogP contribution in [0.25, 0.3) is 21.6 Å². The van der Waals surface area contributed by atoms with Gasteiger partial charge in [0, 0.05) is 18.0 Å². The van der Waals surface area contributed by atoms with Crippen LogP contribution in [0.2, 0.25) is 0 Å². The first-order valence-electron chi connectivity index (χ1n) is 13.1. The van der Waals surface area contributed by atoms with E-state index >= 15 is 0 Å². The minimum Gasteiger partial charge on any atom is -0.431 e. The number of hydrogen-bond acceptors (Lipinski definition) is 6. The predicted octanol–water partition coefficient (Wildman–Crippen LogP) is 6.81. The van der Waals surface area contributed by atoms with E-state index in [0.29, 0.717) is 11.2 Å². The summed E-state index contributed by atoms with van der Waals surface area (Å²) >= 11 is 1.58. The van der Waals surface area contributed by atoms with E-state index in [1.165, 1.54) is 18.4 Å². The summed E-state index contributed by atoms with van der Waals surface area (Å²) in [5.41, 5.74) is 3.40. The van der Waals surface area contributed by atoms with Gasteiger partial charge in [0.25, 0.3) is 5.19 Å². The molecule has 5 aromatic rings. The molecule has 0 amide bonds. The van der Waals surface area contributed by atoms with Crippen LogP contribution in [0.5, 0.6) is 10.9 Å². The molecule has 1 atom stereocenters. The molecule has 1 aliphatic carbocycles. The molecular formula is C30H31N5OS. The van der Waals surface area contributed by atoms with Gasteiger partial charge in [-0.15, -0.1) is 0 Å². The monoisotopic (exact) mass is 509 g/mol. The Morgan fingerprint density at radius 1 is 0.919 bits per heavy atom. The fraction of sp³-hybridized carbons (Fsp3) is 0.300. The highest BCUT2D eigenvalue weighted by atomic mass is 32.1. The van der Waals surface area contributed by atoms with Gasteiger partial charge in [0.1, 0.15) is 5.75 Å². The van der Waals surface area contributed by atoms with Crippen molar-refractivity contribution >= 4 is 21.6 Å². The average molecular weight is 510 g/mol. The number of ether oxygens (including phenoxy) is 1. The Balaban J connectivity index is 0.957. The third kappa shape index (κ3) is 6.24. The Morgan fingerprint density at radius 2 is 1.73 bits per heavy atom. The van der Waals surface area contributed by atoms with Gasteiger partial charge in [0.05, 0.1) is 10.2 Å². The standard InChI is InChI=1S/C30H31N5OS/c1-2-7-23(8-3-1)29-33-28(34-35-29)11-6-20-31-25(22-15-16-22)19-14-21-12-17-24(18-13-21)36-30-32-26-9-4-5-10-27(26)37-30/h1-5,7-10,12-13,17-18,22,25,31H,6,11,14-16,19-20H2,(H,33,34,35). The molecule has 1 fully saturated rings.